The fourth-order valence-electron chi connectivity index (χ4n) is 2.10. The molecule has 88 valence electrons. The van der Waals surface area contributed by atoms with E-state index in [1.165, 1.54) is 0 Å². The summed E-state index contributed by atoms with van der Waals surface area (Å²) in [6, 6.07) is 5.86. The average Bonchev–Trinajstić information content (AvgIpc) is 2.30. The molecule has 2 rings (SSSR count). The zero-order chi connectivity index (χ0) is 11.4. The third-order valence-electron chi connectivity index (χ3n) is 3.17. The molecule has 1 N–H and O–H groups in total. The minimum Gasteiger partial charge on any atom is -0.314 e. The standard InChI is InChI=1S/C12H19N3O/c1-11-10-13-5-7-14(11)8-9-15-6-3-2-4-12(15)16/h2-4,6,11,13H,5,7-10H2,1H3/t11-/m0/s1. The number of nitrogens with zero attached hydrogens (tertiary/aromatic N) is 2. The fourth-order valence-corrected chi connectivity index (χ4v) is 2.10. The lowest BCUT2D eigenvalue weighted by molar-refractivity contribution is 0.167. The molecule has 0 amide bonds. The highest BCUT2D eigenvalue weighted by Crippen LogP contribution is 2.01. The summed E-state index contributed by atoms with van der Waals surface area (Å²) in [7, 11) is 0. The van der Waals surface area contributed by atoms with Gasteiger partial charge in [-0.1, -0.05) is 6.07 Å². The van der Waals surface area contributed by atoms with Crippen molar-refractivity contribution in [3.8, 4) is 0 Å². The zero-order valence-corrected chi connectivity index (χ0v) is 9.72. The molecule has 1 atom stereocenters. The van der Waals surface area contributed by atoms with Gasteiger partial charge in [-0.2, -0.15) is 0 Å². The summed E-state index contributed by atoms with van der Waals surface area (Å²) < 4.78 is 1.77. The second-order valence-corrected chi connectivity index (χ2v) is 4.32. The topological polar surface area (TPSA) is 37.3 Å². The Labute approximate surface area is 95.9 Å². The Morgan fingerprint density at radius 1 is 1.44 bits per heavy atom. The van der Waals surface area contributed by atoms with E-state index >= 15 is 0 Å². The quantitative estimate of drug-likeness (QED) is 0.789. The molecule has 4 heteroatoms. The van der Waals surface area contributed by atoms with Gasteiger partial charge in [-0.3, -0.25) is 9.69 Å². The highest BCUT2D eigenvalue weighted by molar-refractivity contribution is 4.93. The molecule has 1 aromatic heterocycles. The van der Waals surface area contributed by atoms with E-state index in [1.807, 2.05) is 12.3 Å². The third-order valence-corrected chi connectivity index (χ3v) is 3.17. The van der Waals surface area contributed by atoms with Crippen LogP contribution in [0.3, 0.4) is 0 Å². The molecule has 0 bridgehead atoms. The SMILES string of the molecule is C[C@H]1CNCCN1CCn1ccccc1=O. The second-order valence-electron chi connectivity index (χ2n) is 4.32. The predicted octanol–water partition coefficient (Wildman–Crippen LogP) is 0.142. The van der Waals surface area contributed by atoms with Crippen molar-refractivity contribution in [1.82, 2.24) is 14.8 Å². The van der Waals surface area contributed by atoms with E-state index in [4.69, 9.17) is 0 Å². The molecule has 2 heterocycles. The number of nitrogens with one attached hydrogen (secondary N) is 1. The van der Waals surface area contributed by atoms with Gasteiger partial charge in [0.1, 0.15) is 0 Å². The van der Waals surface area contributed by atoms with Gasteiger partial charge in [-0.05, 0) is 13.0 Å². The Morgan fingerprint density at radius 2 is 2.31 bits per heavy atom. The van der Waals surface area contributed by atoms with Gasteiger partial charge in [-0.15, -0.1) is 0 Å². The molecule has 4 nitrogen and oxygen atoms in total. The number of hydrogen-bond acceptors (Lipinski definition) is 3. The van der Waals surface area contributed by atoms with Crippen LogP contribution >= 0.6 is 0 Å². The van der Waals surface area contributed by atoms with Gasteiger partial charge < -0.3 is 9.88 Å². The number of rotatable bonds is 3. The molecule has 0 aliphatic carbocycles. The Bertz CT molecular complexity index is 388. The molecule has 16 heavy (non-hydrogen) atoms. The Balaban J connectivity index is 1.92. The minimum absolute atomic E-state index is 0.0882. The average molecular weight is 221 g/mol. The zero-order valence-electron chi connectivity index (χ0n) is 9.72. The first-order valence-electron chi connectivity index (χ1n) is 5.87. The van der Waals surface area contributed by atoms with Crippen LogP contribution < -0.4 is 10.9 Å². The number of aromatic nitrogens is 1. The van der Waals surface area contributed by atoms with Crippen LogP contribution in [0.1, 0.15) is 6.92 Å². The highest BCUT2D eigenvalue weighted by Gasteiger charge is 2.16. The summed E-state index contributed by atoms with van der Waals surface area (Å²) in [6.07, 6.45) is 1.86. The summed E-state index contributed by atoms with van der Waals surface area (Å²) in [5.74, 6) is 0. The van der Waals surface area contributed by atoms with Crippen molar-refractivity contribution in [1.29, 1.82) is 0 Å². The van der Waals surface area contributed by atoms with Crippen molar-refractivity contribution in [2.24, 2.45) is 0 Å². The maximum Gasteiger partial charge on any atom is 0.250 e. The van der Waals surface area contributed by atoms with Gasteiger partial charge in [0, 0.05) is 51.0 Å². The van der Waals surface area contributed by atoms with Crippen LogP contribution in [0.2, 0.25) is 0 Å². The molecule has 0 radical (unpaired) electrons. The lowest BCUT2D eigenvalue weighted by Gasteiger charge is -2.33. The lowest BCUT2D eigenvalue weighted by atomic mass is 10.2. The van der Waals surface area contributed by atoms with Gasteiger partial charge in [-0.25, -0.2) is 0 Å². The molecular weight excluding hydrogens is 202 g/mol. The molecule has 0 unspecified atom stereocenters. The van der Waals surface area contributed by atoms with E-state index in [9.17, 15) is 4.79 Å². The van der Waals surface area contributed by atoms with E-state index in [0.717, 1.165) is 32.7 Å². The van der Waals surface area contributed by atoms with Gasteiger partial charge >= 0.3 is 0 Å². The van der Waals surface area contributed by atoms with Crippen molar-refractivity contribution < 1.29 is 0 Å². The van der Waals surface area contributed by atoms with Crippen LogP contribution in [0.15, 0.2) is 29.2 Å². The first-order chi connectivity index (χ1) is 7.77. The smallest absolute Gasteiger partial charge is 0.250 e. The van der Waals surface area contributed by atoms with Gasteiger partial charge in [0.05, 0.1) is 0 Å². The number of piperazine rings is 1. The summed E-state index contributed by atoms with van der Waals surface area (Å²) in [5.41, 5.74) is 0.0882. The molecule has 0 saturated carbocycles. The van der Waals surface area contributed by atoms with Crippen molar-refractivity contribution >= 4 is 0 Å². The van der Waals surface area contributed by atoms with Gasteiger partial charge in [0.2, 0.25) is 0 Å². The first-order valence-corrected chi connectivity index (χ1v) is 5.87. The molecule has 1 aromatic rings. The van der Waals surface area contributed by atoms with Crippen molar-refractivity contribution in [3.05, 3.63) is 34.7 Å². The largest absolute Gasteiger partial charge is 0.314 e. The highest BCUT2D eigenvalue weighted by atomic mass is 16.1. The summed E-state index contributed by atoms with van der Waals surface area (Å²) in [6.45, 7) is 7.12. The van der Waals surface area contributed by atoms with Crippen molar-refractivity contribution in [3.63, 3.8) is 0 Å². The summed E-state index contributed by atoms with van der Waals surface area (Å²) in [5, 5.41) is 3.36. The van der Waals surface area contributed by atoms with E-state index in [0.29, 0.717) is 6.04 Å². The molecule has 0 aromatic carbocycles. The Hall–Kier alpha value is -1.13. The van der Waals surface area contributed by atoms with Crippen LogP contribution in [0.25, 0.3) is 0 Å². The first kappa shape index (κ1) is 11.4. The van der Waals surface area contributed by atoms with Crippen molar-refractivity contribution in [2.45, 2.75) is 19.5 Å². The molecule has 0 spiro atoms. The Morgan fingerprint density at radius 3 is 3.06 bits per heavy atom. The van der Waals surface area contributed by atoms with Crippen LogP contribution in [-0.4, -0.2) is 41.7 Å². The molecule has 1 fully saturated rings. The predicted molar refractivity (Wildman–Crippen MR) is 64.6 cm³/mol. The van der Waals surface area contributed by atoms with Crippen molar-refractivity contribution in [2.75, 3.05) is 26.2 Å². The molecule has 1 saturated heterocycles. The van der Waals surface area contributed by atoms with Crippen LogP contribution in [0, 0.1) is 0 Å². The lowest BCUT2D eigenvalue weighted by Crippen LogP contribution is -2.50. The van der Waals surface area contributed by atoms with E-state index in [-0.39, 0.29) is 5.56 Å². The summed E-state index contributed by atoms with van der Waals surface area (Å²) >= 11 is 0. The number of hydrogen-bond donors (Lipinski definition) is 1. The number of pyridine rings is 1. The van der Waals surface area contributed by atoms with E-state index in [1.54, 1.807) is 16.7 Å². The minimum atomic E-state index is 0.0882. The van der Waals surface area contributed by atoms with Crippen LogP contribution in [0.5, 0.6) is 0 Å². The normalized spacial score (nSPS) is 22.2. The van der Waals surface area contributed by atoms with Crippen LogP contribution in [-0.2, 0) is 6.54 Å². The second kappa shape index (κ2) is 5.27. The van der Waals surface area contributed by atoms with Gasteiger partial charge in [0.15, 0.2) is 0 Å². The molecule has 1 aliphatic rings. The third kappa shape index (κ3) is 2.71. The Kier molecular flexibility index (Phi) is 3.74. The van der Waals surface area contributed by atoms with Crippen LogP contribution in [0.4, 0.5) is 0 Å². The fraction of sp³-hybridized carbons (Fsp3) is 0.583. The van der Waals surface area contributed by atoms with Gasteiger partial charge in [0.25, 0.3) is 5.56 Å². The summed E-state index contributed by atoms with van der Waals surface area (Å²) in [4.78, 5) is 13.9. The van der Waals surface area contributed by atoms with E-state index in [2.05, 4.69) is 17.1 Å². The van der Waals surface area contributed by atoms with E-state index < -0.39 is 0 Å². The maximum absolute atomic E-state index is 11.5. The maximum atomic E-state index is 11.5. The monoisotopic (exact) mass is 221 g/mol. The molecular formula is C12H19N3O. The molecule has 1 aliphatic heterocycles.